The number of ether oxygens (including phenoxy) is 2. The zero-order valence-electron chi connectivity index (χ0n) is 16.1. The molecule has 2 aromatic carbocycles. The number of amides is 2. The second-order valence-corrected chi connectivity index (χ2v) is 6.45. The van der Waals surface area contributed by atoms with E-state index in [4.69, 9.17) is 21.1 Å². The van der Waals surface area contributed by atoms with Crippen molar-refractivity contribution in [2.45, 2.75) is 20.3 Å². The van der Waals surface area contributed by atoms with E-state index in [1.54, 1.807) is 37.3 Å². The molecule has 0 saturated carbocycles. The summed E-state index contributed by atoms with van der Waals surface area (Å²) in [5, 5.41) is 7.28. The van der Waals surface area contributed by atoms with Crippen molar-refractivity contribution >= 4 is 34.8 Å². The Balaban J connectivity index is 1.95. The number of carbonyl (C=O) groups is 2. The Morgan fingerprint density at radius 3 is 2.43 bits per heavy atom. The highest BCUT2D eigenvalue weighted by atomic mass is 35.5. The van der Waals surface area contributed by atoms with E-state index in [0.717, 1.165) is 5.56 Å². The fourth-order valence-electron chi connectivity index (χ4n) is 2.34. The monoisotopic (exact) mass is 403 g/mol. The lowest BCUT2D eigenvalue weighted by Crippen LogP contribution is -2.21. The molecule has 0 heterocycles. The Labute approximate surface area is 168 Å². The van der Waals surface area contributed by atoms with Gasteiger partial charge in [0.2, 0.25) is 5.91 Å². The van der Waals surface area contributed by atoms with Crippen LogP contribution in [-0.4, -0.2) is 31.7 Å². The van der Waals surface area contributed by atoms with Crippen molar-refractivity contribution in [3.63, 3.8) is 0 Å². The van der Waals surface area contributed by atoms with Crippen LogP contribution >= 0.6 is 11.6 Å². The van der Waals surface area contributed by atoms with Crippen LogP contribution < -0.4 is 20.2 Å². The summed E-state index contributed by atoms with van der Waals surface area (Å²) in [4.78, 5) is 24.3. The van der Waals surface area contributed by atoms with Gasteiger partial charge in [0.15, 0.2) is 11.5 Å². The molecule has 2 amide bonds. The van der Waals surface area contributed by atoms with E-state index in [0.29, 0.717) is 33.5 Å². The van der Waals surface area contributed by atoms with E-state index < -0.39 is 5.91 Å². The van der Waals surface area contributed by atoms with E-state index >= 15 is 0 Å². The second kappa shape index (κ2) is 9.75. The molecule has 0 unspecified atom stereocenters. The highest BCUT2D eigenvalue weighted by molar-refractivity contribution is 6.31. The first-order valence-electron chi connectivity index (χ1n) is 8.45. The van der Waals surface area contributed by atoms with Gasteiger partial charge in [-0.1, -0.05) is 17.7 Å². The van der Waals surface area contributed by atoms with Crippen molar-refractivity contribution in [3.05, 3.63) is 52.5 Å². The van der Waals surface area contributed by atoms with Crippen molar-refractivity contribution in [1.82, 2.24) is 5.43 Å². The molecule has 2 rings (SSSR count). The number of aryl methyl sites for hydroxylation is 1. The van der Waals surface area contributed by atoms with Crippen molar-refractivity contribution in [2.75, 3.05) is 19.5 Å². The number of rotatable bonds is 7. The molecule has 0 saturated heterocycles. The Bertz CT molecular complexity index is 912. The van der Waals surface area contributed by atoms with Crippen LogP contribution in [0.3, 0.4) is 0 Å². The van der Waals surface area contributed by atoms with Gasteiger partial charge in [-0.15, -0.1) is 0 Å². The largest absolute Gasteiger partial charge is 0.493 e. The lowest BCUT2D eigenvalue weighted by atomic mass is 10.2. The minimum Gasteiger partial charge on any atom is -0.493 e. The number of benzene rings is 2. The molecule has 7 nitrogen and oxygen atoms in total. The molecule has 2 aromatic rings. The number of carbonyl (C=O) groups excluding carboxylic acids is 2. The summed E-state index contributed by atoms with van der Waals surface area (Å²) < 4.78 is 10.3. The predicted molar refractivity (Wildman–Crippen MR) is 110 cm³/mol. The molecule has 0 spiro atoms. The number of nitrogens with zero attached hydrogens (tertiary/aromatic N) is 1. The molecule has 28 heavy (non-hydrogen) atoms. The Hall–Kier alpha value is -3.06. The molecule has 0 aliphatic heterocycles. The van der Waals surface area contributed by atoms with Gasteiger partial charge in [0.25, 0.3) is 5.91 Å². The lowest BCUT2D eigenvalue weighted by molar-refractivity contribution is -0.115. The van der Waals surface area contributed by atoms with Crippen LogP contribution in [0.15, 0.2) is 41.5 Å². The van der Waals surface area contributed by atoms with Crippen molar-refractivity contribution < 1.29 is 19.1 Å². The third-order valence-corrected chi connectivity index (χ3v) is 4.27. The topological polar surface area (TPSA) is 89.0 Å². The summed E-state index contributed by atoms with van der Waals surface area (Å²) in [7, 11) is 3.00. The molecule has 2 N–H and O–H groups in total. The van der Waals surface area contributed by atoms with Gasteiger partial charge >= 0.3 is 0 Å². The summed E-state index contributed by atoms with van der Waals surface area (Å²) in [5.74, 6) is 0.270. The molecule has 0 fully saturated rings. The van der Waals surface area contributed by atoms with Gasteiger partial charge in [-0.05, 0) is 49.7 Å². The van der Waals surface area contributed by atoms with Gasteiger partial charge in [-0.25, -0.2) is 5.43 Å². The quantitative estimate of drug-likeness (QED) is 0.543. The zero-order chi connectivity index (χ0) is 20.7. The van der Waals surface area contributed by atoms with Crippen molar-refractivity contribution in [1.29, 1.82) is 0 Å². The van der Waals surface area contributed by atoms with Crippen LogP contribution in [-0.2, 0) is 4.79 Å². The fourth-order valence-corrected chi connectivity index (χ4v) is 2.52. The lowest BCUT2D eigenvalue weighted by Gasteiger charge is -2.09. The molecule has 8 heteroatoms. The molecule has 0 atom stereocenters. The van der Waals surface area contributed by atoms with Crippen LogP contribution in [0.2, 0.25) is 5.02 Å². The molecular formula is C20H22ClN3O4. The van der Waals surface area contributed by atoms with Crippen molar-refractivity contribution in [2.24, 2.45) is 5.10 Å². The van der Waals surface area contributed by atoms with Gasteiger partial charge < -0.3 is 14.8 Å². The van der Waals surface area contributed by atoms with E-state index in [1.807, 2.05) is 13.0 Å². The third kappa shape index (κ3) is 5.72. The number of halogens is 1. The van der Waals surface area contributed by atoms with E-state index in [9.17, 15) is 9.59 Å². The van der Waals surface area contributed by atoms with Crippen LogP contribution in [0.4, 0.5) is 5.69 Å². The maximum atomic E-state index is 12.2. The van der Waals surface area contributed by atoms with E-state index in [2.05, 4.69) is 15.8 Å². The van der Waals surface area contributed by atoms with Gasteiger partial charge in [0, 0.05) is 22.0 Å². The third-order valence-electron chi connectivity index (χ3n) is 3.87. The maximum Gasteiger partial charge on any atom is 0.271 e. The van der Waals surface area contributed by atoms with Gasteiger partial charge in [-0.3, -0.25) is 9.59 Å². The summed E-state index contributed by atoms with van der Waals surface area (Å²) in [5.41, 5.74) is 4.75. The highest BCUT2D eigenvalue weighted by Gasteiger charge is 2.11. The molecular weight excluding hydrogens is 382 g/mol. The fraction of sp³-hybridized carbons (Fsp3) is 0.250. The number of hydrogen-bond acceptors (Lipinski definition) is 5. The Morgan fingerprint density at radius 1 is 1.07 bits per heavy atom. The highest BCUT2D eigenvalue weighted by Crippen LogP contribution is 2.27. The van der Waals surface area contributed by atoms with Gasteiger partial charge in [0.1, 0.15) is 0 Å². The average Bonchev–Trinajstić information content (AvgIpc) is 2.68. The standard InChI is InChI=1S/C20H22ClN3O4/c1-12-5-7-15(11-16(12)21)22-19(25)9-13(2)23-24-20(26)14-6-8-17(27-3)18(10-14)28-4/h5-8,10-11H,9H2,1-4H3,(H,22,25)(H,24,26)/b23-13+. The zero-order valence-corrected chi connectivity index (χ0v) is 16.9. The summed E-state index contributed by atoms with van der Waals surface area (Å²) in [6.45, 7) is 3.53. The Kier molecular flexibility index (Phi) is 7.40. The van der Waals surface area contributed by atoms with Crippen LogP contribution in [0, 0.1) is 6.92 Å². The summed E-state index contributed by atoms with van der Waals surface area (Å²) in [6, 6.07) is 10.0. The van der Waals surface area contributed by atoms with E-state index in [-0.39, 0.29) is 12.3 Å². The predicted octanol–water partition coefficient (Wildman–Crippen LogP) is 3.80. The molecule has 0 aromatic heterocycles. The number of anilines is 1. The minimum atomic E-state index is -0.425. The average molecular weight is 404 g/mol. The van der Waals surface area contributed by atoms with Crippen LogP contribution in [0.5, 0.6) is 11.5 Å². The molecule has 148 valence electrons. The Morgan fingerprint density at radius 2 is 1.79 bits per heavy atom. The minimum absolute atomic E-state index is 0.0255. The van der Waals surface area contributed by atoms with Crippen LogP contribution in [0.1, 0.15) is 29.3 Å². The number of methoxy groups -OCH3 is 2. The molecule has 0 aliphatic carbocycles. The first-order chi connectivity index (χ1) is 13.3. The summed E-state index contributed by atoms with van der Waals surface area (Å²) >= 11 is 6.05. The summed E-state index contributed by atoms with van der Waals surface area (Å²) in [6.07, 6.45) is 0.0255. The van der Waals surface area contributed by atoms with Gasteiger partial charge in [-0.2, -0.15) is 5.10 Å². The first-order valence-corrected chi connectivity index (χ1v) is 8.83. The normalized spacial score (nSPS) is 11.0. The molecule has 0 bridgehead atoms. The van der Waals surface area contributed by atoms with Crippen molar-refractivity contribution in [3.8, 4) is 11.5 Å². The number of hydrazone groups is 1. The molecule has 0 aliphatic rings. The van der Waals surface area contributed by atoms with Crippen LogP contribution in [0.25, 0.3) is 0 Å². The SMILES string of the molecule is COc1ccc(C(=O)N/N=C(\C)CC(=O)Nc2ccc(C)c(Cl)c2)cc1OC. The second-order valence-electron chi connectivity index (χ2n) is 6.05. The number of hydrogen-bond donors (Lipinski definition) is 2. The number of nitrogens with one attached hydrogen (secondary N) is 2. The first kappa shape index (κ1) is 21.2. The smallest absolute Gasteiger partial charge is 0.271 e. The maximum absolute atomic E-state index is 12.2. The molecule has 0 radical (unpaired) electrons. The van der Waals surface area contributed by atoms with E-state index in [1.165, 1.54) is 14.2 Å². The van der Waals surface area contributed by atoms with Gasteiger partial charge in [0.05, 0.1) is 20.6 Å².